The maximum Gasteiger partial charge on any atom is 0.407 e. The molecule has 0 atom stereocenters. The Kier molecular flexibility index (Phi) is 6.14. The Morgan fingerprint density at radius 3 is 2.13 bits per heavy atom. The van der Waals surface area contributed by atoms with Gasteiger partial charge >= 0.3 is 12.1 Å². The number of imide groups is 1. The van der Waals surface area contributed by atoms with Crippen molar-refractivity contribution in [3.8, 4) is 0 Å². The molecule has 162 valence electrons. The van der Waals surface area contributed by atoms with E-state index in [-0.39, 0.29) is 24.1 Å². The molecule has 30 heavy (non-hydrogen) atoms. The topological polar surface area (TPSA) is 102 Å². The first-order chi connectivity index (χ1) is 14.1. The molecule has 0 radical (unpaired) electrons. The second-order valence-corrected chi connectivity index (χ2v) is 9.01. The highest BCUT2D eigenvalue weighted by Crippen LogP contribution is 2.39. The molecule has 1 saturated carbocycles. The summed E-state index contributed by atoms with van der Waals surface area (Å²) < 4.78 is 5.29. The van der Waals surface area contributed by atoms with Crippen LogP contribution in [0.3, 0.4) is 0 Å². The third kappa shape index (κ3) is 4.98. The van der Waals surface area contributed by atoms with Gasteiger partial charge in [0, 0.05) is 6.54 Å². The Morgan fingerprint density at radius 1 is 1.03 bits per heavy atom. The second-order valence-electron chi connectivity index (χ2n) is 9.01. The van der Waals surface area contributed by atoms with Gasteiger partial charge in [-0.15, -0.1) is 0 Å². The van der Waals surface area contributed by atoms with Gasteiger partial charge in [-0.1, -0.05) is 36.5 Å². The fraction of sp³-hybridized carbons (Fsp3) is 0.545. The number of amides is 3. The van der Waals surface area contributed by atoms with Gasteiger partial charge in [0.15, 0.2) is 0 Å². The van der Waals surface area contributed by atoms with Crippen molar-refractivity contribution in [1.82, 2.24) is 10.4 Å². The van der Waals surface area contributed by atoms with Gasteiger partial charge in [0.2, 0.25) is 0 Å². The zero-order chi connectivity index (χ0) is 21.9. The first-order valence-corrected chi connectivity index (χ1v) is 10.3. The average molecular weight is 416 g/mol. The van der Waals surface area contributed by atoms with Crippen molar-refractivity contribution in [1.29, 1.82) is 0 Å². The van der Waals surface area contributed by atoms with Gasteiger partial charge in [-0.3, -0.25) is 9.59 Å². The van der Waals surface area contributed by atoms with Gasteiger partial charge in [-0.05, 0) is 51.2 Å². The molecule has 1 heterocycles. The van der Waals surface area contributed by atoms with Crippen LogP contribution < -0.4 is 5.32 Å². The molecule has 1 fully saturated rings. The molecule has 0 saturated heterocycles. The van der Waals surface area contributed by atoms with Crippen LogP contribution in [0.4, 0.5) is 4.79 Å². The largest absolute Gasteiger partial charge is 0.444 e. The predicted octanol–water partition coefficient (Wildman–Crippen LogP) is 3.61. The Balaban J connectivity index is 1.64. The molecular weight excluding hydrogens is 388 g/mol. The lowest BCUT2D eigenvalue weighted by molar-refractivity contribution is -0.172. The van der Waals surface area contributed by atoms with Crippen molar-refractivity contribution in [3.05, 3.63) is 35.4 Å². The van der Waals surface area contributed by atoms with Gasteiger partial charge in [0.25, 0.3) is 11.8 Å². The van der Waals surface area contributed by atoms with Gasteiger partial charge in [0.1, 0.15) is 5.60 Å². The van der Waals surface area contributed by atoms with E-state index in [1.54, 1.807) is 32.9 Å². The highest BCUT2D eigenvalue weighted by atomic mass is 16.7. The molecule has 8 heteroatoms. The third-order valence-corrected chi connectivity index (χ3v) is 5.39. The first-order valence-electron chi connectivity index (χ1n) is 10.3. The number of hydrogen-bond donors (Lipinski definition) is 1. The van der Waals surface area contributed by atoms with Crippen LogP contribution in [0.2, 0.25) is 0 Å². The molecular formula is C22H28N2O6. The van der Waals surface area contributed by atoms with Crippen LogP contribution in [0, 0.1) is 5.41 Å². The van der Waals surface area contributed by atoms with E-state index in [1.165, 1.54) is 12.1 Å². The number of rotatable bonds is 5. The summed E-state index contributed by atoms with van der Waals surface area (Å²) in [4.78, 5) is 54.8. The van der Waals surface area contributed by atoms with Crippen LogP contribution in [0.5, 0.6) is 0 Å². The van der Waals surface area contributed by atoms with E-state index >= 15 is 0 Å². The number of carbonyl (C=O) groups is 4. The highest BCUT2D eigenvalue weighted by molar-refractivity contribution is 6.20. The Bertz CT molecular complexity index is 816. The van der Waals surface area contributed by atoms with Crippen molar-refractivity contribution in [2.24, 2.45) is 5.41 Å². The minimum absolute atomic E-state index is 0.00377. The van der Waals surface area contributed by atoms with Gasteiger partial charge in [-0.25, -0.2) is 9.59 Å². The number of benzene rings is 1. The van der Waals surface area contributed by atoms with Crippen LogP contribution in [0.15, 0.2) is 24.3 Å². The summed E-state index contributed by atoms with van der Waals surface area (Å²) >= 11 is 0. The first kappa shape index (κ1) is 21.8. The average Bonchev–Trinajstić information content (AvgIpc) is 2.91. The van der Waals surface area contributed by atoms with Crippen molar-refractivity contribution in [2.45, 2.75) is 64.9 Å². The van der Waals surface area contributed by atoms with E-state index in [0.717, 1.165) is 32.1 Å². The molecule has 1 aromatic rings. The molecule has 0 aromatic heterocycles. The number of carbonyl (C=O) groups excluding carboxylic acids is 4. The van der Waals surface area contributed by atoms with E-state index in [4.69, 9.17) is 9.57 Å². The van der Waals surface area contributed by atoms with Gasteiger partial charge in [-0.2, -0.15) is 0 Å². The van der Waals surface area contributed by atoms with Crippen LogP contribution in [0.25, 0.3) is 0 Å². The molecule has 0 spiro atoms. The summed E-state index contributed by atoms with van der Waals surface area (Å²) in [5.41, 5.74) is -0.678. The smallest absolute Gasteiger partial charge is 0.407 e. The number of hydrogen-bond acceptors (Lipinski definition) is 6. The fourth-order valence-electron chi connectivity index (χ4n) is 3.98. The van der Waals surface area contributed by atoms with Crippen LogP contribution >= 0.6 is 0 Å². The number of ether oxygens (including phenoxy) is 1. The molecule has 1 aromatic carbocycles. The van der Waals surface area contributed by atoms with Crippen molar-refractivity contribution in [2.75, 3.05) is 6.54 Å². The Hall–Kier alpha value is -2.90. The molecule has 0 unspecified atom stereocenters. The molecule has 1 N–H and O–H groups in total. The Morgan fingerprint density at radius 2 is 1.60 bits per heavy atom. The lowest BCUT2D eigenvalue weighted by atomic mass is 9.72. The lowest BCUT2D eigenvalue weighted by Crippen LogP contribution is -2.43. The summed E-state index contributed by atoms with van der Waals surface area (Å²) in [6.45, 7) is 5.60. The summed E-state index contributed by atoms with van der Waals surface area (Å²) in [5, 5.41) is 3.30. The molecule has 0 bridgehead atoms. The molecule has 1 aliphatic heterocycles. The summed E-state index contributed by atoms with van der Waals surface area (Å²) in [7, 11) is 0. The fourth-order valence-corrected chi connectivity index (χ4v) is 3.98. The minimum atomic E-state index is -0.669. The van der Waals surface area contributed by atoms with Gasteiger partial charge in [0.05, 0.1) is 17.5 Å². The number of fused-ring (bicyclic) bond motifs is 1. The van der Waals surface area contributed by atoms with E-state index in [9.17, 15) is 19.2 Å². The molecule has 8 nitrogen and oxygen atoms in total. The molecule has 3 amide bonds. The SMILES string of the molecule is CC(C)(C)OC(=O)NCC1(CC(=O)ON2C(=O)c3ccccc3C2=O)CCCCC1. The highest BCUT2D eigenvalue weighted by Gasteiger charge is 2.41. The number of alkyl carbamates (subject to hydrolysis) is 1. The zero-order valence-electron chi connectivity index (χ0n) is 17.7. The monoisotopic (exact) mass is 416 g/mol. The van der Waals surface area contributed by atoms with Crippen molar-refractivity contribution >= 4 is 23.9 Å². The molecule has 3 rings (SSSR count). The van der Waals surface area contributed by atoms with E-state index in [0.29, 0.717) is 5.06 Å². The van der Waals surface area contributed by atoms with E-state index < -0.39 is 34.9 Å². The summed E-state index contributed by atoms with van der Waals surface area (Å²) in [6, 6.07) is 6.34. The van der Waals surface area contributed by atoms with Crippen molar-refractivity contribution in [3.63, 3.8) is 0 Å². The van der Waals surface area contributed by atoms with Gasteiger partial charge < -0.3 is 14.9 Å². The quantitative estimate of drug-likeness (QED) is 0.736. The zero-order valence-corrected chi connectivity index (χ0v) is 17.7. The minimum Gasteiger partial charge on any atom is -0.444 e. The van der Waals surface area contributed by atoms with Crippen LogP contribution in [0.1, 0.15) is 80.0 Å². The Labute approximate surface area is 175 Å². The molecule has 1 aliphatic carbocycles. The predicted molar refractivity (Wildman–Crippen MR) is 107 cm³/mol. The number of nitrogens with one attached hydrogen (secondary N) is 1. The van der Waals surface area contributed by atoms with Crippen LogP contribution in [-0.2, 0) is 14.4 Å². The summed E-state index contributed by atoms with van der Waals surface area (Å²) in [5.74, 6) is -1.96. The third-order valence-electron chi connectivity index (χ3n) is 5.39. The summed E-state index contributed by atoms with van der Waals surface area (Å²) in [6.07, 6.45) is 3.84. The van der Waals surface area contributed by atoms with Crippen LogP contribution in [-0.4, -0.2) is 41.1 Å². The number of hydroxylamine groups is 2. The maximum atomic E-state index is 12.7. The van der Waals surface area contributed by atoms with E-state index in [2.05, 4.69) is 5.32 Å². The lowest BCUT2D eigenvalue weighted by Gasteiger charge is -2.37. The normalized spacial score (nSPS) is 18.0. The van der Waals surface area contributed by atoms with Crippen molar-refractivity contribution < 1.29 is 28.8 Å². The standard InChI is InChI=1S/C22H28N2O6/c1-21(2,3)29-20(28)23-14-22(11-7-4-8-12-22)13-17(25)30-24-18(26)15-9-5-6-10-16(15)19(24)27/h5-6,9-10H,4,7-8,11-14H2,1-3H3,(H,23,28). The maximum absolute atomic E-state index is 12.7. The second kappa shape index (κ2) is 8.45. The number of nitrogens with zero attached hydrogens (tertiary/aromatic N) is 1. The molecule has 2 aliphatic rings. The van der Waals surface area contributed by atoms with E-state index in [1.807, 2.05) is 0 Å².